The molecule has 1 heterocycles. The summed E-state index contributed by atoms with van der Waals surface area (Å²) in [5, 5.41) is 9.00. The Labute approximate surface area is 112 Å². The van der Waals surface area contributed by atoms with Crippen LogP contribution in [-0.4, -0.2) is 18.9 Å². The van der Waals surface area contributed by atoms with E-state index in [0.29, 0.717) is 30.1 Å². The molecule has 0 aliphatic carbocycles. The molecule has 19 heavy (non-hydrogen) atoms. The van der Waals surface area contributed by atoms with Crippen LogP contribution in [-0.2, 0) is 6.42 Å². The summed E-state index contributed by atoms with van der Waals surface area (Å²) in [6.07, 6.45) is 0.823. The average molecular weight is 262 g/mol. The van der Waals surface area contributed by atoms with Crippen molar-refractivity contribution in [2.75, 3.05) is 6.79 Å². The smallest absolute Gasteiger partial charge is 0.231 e. The van der Waals surface area contributed by atoms with Gasteiger partial charge in [-0.1, -0.05) is 6.92 Å². The van der Waals surface area contributed by atoms with Crippen molar-refractivity contribution in [2.45, 2.75) is 38.8 Å². The zero-order chi connectivity index (χ0) is 13.8. The zero-order valence-electron chi connectivity index (χ0n) is 11.2. The molecule has 0 saturated carbocycles. The van der Waals surface area contributed by atoms with Crippen molar-refractivity contribution in [2.24, 2.45) is 5.73 Å². The average Bonchev–Trinajstić information content (AvgIpc) is 2.82. The quantitative estimate of drug-likeness (QED) is 0.878. The maximum Gasteiger partial charge on any atom is 0.231 e. The van der Waals surface area contributed by atoms with Crippen molar-refractivity contribution in [3.8, 4) is 23.3 Å². The molecule has 2 rings (SSSR count). The molecule has 2 unspecified atom stereocenters. The second-order valence-corrected chi connectivity index (χ2v) is 4.64. The van der Waals surface area contributed by atoms with E-state index in [-0.39, 0.29) is 12.8 Å². The Morgan fingerprint density at radius 2 is 2.11 bits per heavy atom. The van der Waals surface area contributed by atoms with Gasteiger partial charge in [0.25, 0.3) is 0 Å². The van der Waals surface area contributed by atoms with Crippen LogP contribution in [0.15, 0.2) is 12.1 Å². The molecule has 0 spiro atoms. The number of rotatable bonds is 5. The van der Waals surface area contributed by atoms with Crippen LogP contribution in [0, 0.1) is 11.3 Å². The third-order valence-electron chi connectivity index (χ3n) is 2.88. The summed E-state index contributed by atoms with van der Waals surface area (Å²) in [4.78, 5) is 0. The second kappa shape index (κ2) is 5.81. The first kappa shape index (κ1) is 13.5. The summed E-state index contributed by atoms with van der Waals surface area (Å²) in [6, 6.07) is 5.79. The topological polar surface area (TPSA) is 77.5 Å². The van der Waals surface area contributed by atoms with E-state index in [4.69, 9.17) is 25.2 Å². The van der Waals surface area contributed by atoms with Gasteiger partial charge in [0.2, 0.25) is 6.79 Å². The van der Waals surface area contributed by atoms with Crippen molar-refractivity contribution in [3.05, 3.63) is 17.7 Å². The van der Waals surface area contributed by atoms with Gasteiger partial charge in [0.05, 0.1) is 0 Å². The number of hydrogen-bond acceptors (Lipinski definition) is 5. The number of hydrogen-bond donors (Lipinski definition) is 1. The van der Waals surface area contributed by atoms with Gasteiger partial charge in [0, 0.05) is 12.1 Å². The van der Waals surface area contributed by atoms with Crippen LogP contribution in [0.2, 0.25) is 0 Å². The third-order valence-corrected chi connectivity index (χ3v) is 2.88. The van der Waals surface area contributed by atoms with E-state index < -0.39 is 6.10 Å². The van der Waals surface area contributed by atoms with E-state index in [1.807, 2.05) is 19.9 Å². The minimum absolute atomic E-state index is 0.00452. The fraction of sp³-hybridized carbons (Fsp3) is 0.500. The Balaban J connectivity index is 2.31. The summed E-state index contributed by atoms with van der Waals surface area (Å²) in [7, 11) is 0. The lowest BCUT2D eigenvalue weighted by Crippen LogP contribution is -2.19. The molecule has 1 aromatic rings. The van der Waals surface area contributed by atoms with Crippen molar-refractivity contribution < 1.29 is 14.2 Å². The van der Waals surface area contributed by atoms with Gasteiger partial charge in [-0.15, -0.1) is 0 Å². The molecule has 1 aliphatic rings. The van der Waals surface area contributed by atoms with Crippen molar-refractivity contribution in [1.29, 1.82) is 5.26 Å². The SMILES string of the molecule is CCC(C#N)Oc1cc2c(cc1CC(C)N)OCO2. The Morgan fingerprint density at radius 1 is 1.42 bits per heavy atom. The predicted octanol–water partition coefficient (Wildman–Crippen LogP) is 1.99. The Hall–Kier alpha value is -1.93. The highest BCUT2D eigenvalue weighted by molar-refractivity contribution is 5.52. The molecule has 0 aromatic heterocycles. The van der Waals surface area contributed by atoms with Gasteiger partial charge in [0.1, 0.15) is 11.8 Å². The number of nitrogens with zero attached hydrogens (tertiary/aromatic N) is 1. The molecule has 1 aliphatic heterocycles. The van der Waals surface area contributed by atoms with Gasteiger partial charge in [0.15, 0.2) is 17.6 Å². The predicted molar refractivity (Wildman–Crippen MR) is 70.2 cm³/mol. The molecule has 0 bridgehead atoms. The molecule has 0 fully saturated rings. The van der Waals surface area contributed by atoms with Crippen LogP contribution in [0.25, 0.3) is 0 Å². The number of fused-ring (bicyclic) bond motifs is 1. The first-order valence-corrected chi connectivity index (χ1v) is 6.38. The maximum absolute atomic E-state index is 9.00. The van der Waals surface area contributed by atoms with E-state index in [1.165, 1.54) is 0 Å². The number of nitriles is 1. The summed E-state index contributed by atoms with van der Waals surface area (Å²) in [5.41, 5.74) is 6.78. The maximum atomic E-state index is 9.00. The van der Waals surface area contributed by atoms with Crippen LogP contribution in [0.1, 0.15) is 25.8 Å². The monoisotopic (exact) mass is 262 g/mol. The molecule has 5 nitrogen and oxygen atoms in total. The van der Waals surface area contributed by atoms with Crippen molar-refractivity contribution in [3.63, 3.8) is 0 Å². The summed E-state index contributed by atoms with van der Waals surface area (Å²) in [6.45, 7) is 4.05. The van der Waals surface area contributed by atoms with Gasteiger partial charge >= 0.3 is 0 Å². The highest BCUT2D eigenvalue weighted by atomic mass is 16.7. The molecule has 2 atom stereocenters. The number of nitrogens with two attached hydrogens (primary N) is 1. The minimum Gasteiger partial charge on any atom is -0.475 e. The van der Waals surface area contributed by atoms with Crippen LogP contribution in [0.3, 0.4) is 0 Å². The molecule has 2 N–H and O–H groups in total. The standard InChI is InChI=1S/C14H18N2O3/c1-3-11(7-15)19-12-6-14-13(17-8-18-14)5-10(12)4-9(2)16/h5-6,9,11H,3-4,8,16H2,1-2H3. The lowest BCUT2D eigenvalue weighted by Gasteiger charge is -2.16. The number of ether oxygens (including phenoxy) is 3. The van der Waals surface area contributed by atoms with E-state index >= 15 is 0 Å². The van der Waals surface area contributed by atoms with E-state index in [0.717, 1.165) is 5.56 Å². The van der Waals surface area contributed by atoms with Crippen LogP contribution < -0.4 is 19.9 Å². The van der Waals surface area contributed by atoms with Crippen LogP contribution in [0.5, 0.6) is 17.2 Å². The third kappa shape index (κ3) is 3.09. The molecule has 0 amide bonds. The summed E-state index contributed by atoms with van der Waals surface area (Å²) >= 11 is 0. The second-order valence-electron chi connectivity index (χ2n) is 4.64. The normalized spacial score (nSPS) is 15.7. The molecule has 5 heteroatoms. The van der Waals surface area contributed by atoms with E-state index in [2.05, 4.69) is 6.07 Å². The largest absolute Gasteiger partial charge is 0.475 e. The van der Waals surface area contributed by atoms with Crippen LogP contribution in [0.4, 0.5) is 0 Å². The van der Waals surface area contributed by atoms with Crippen molar-refractivity contribution in [1.82, 2.24) is 0 Å². The lowest BCUT2D eigenvalue weighted by atomic mass is 10.1. The van der Waals surface area contributed by atoms with Gasteiger partial charge in [-0.25, -0.2) is 0 Å². The summed E-state index contributed by atoms with van der Waals surface area (Å²) in [5.74, 6) is 2.00. The first-order valence-electron chi connectivity index (χ1n) is 6.38. The first-order chi connectivity index (χ1) is 9.13. The zero-order valence-corrected chi connectivity index (χ0v) is 11.2. The van der Waals surface area contributed by atoms with Crippen LogP contribution >= 0.6 is 0 Å². The van der Waals surface area contributed by atoms with Crippen molar-refractivity contribution >= 4 is 0 Å². The molecule has 0 radical (unpaired) electrons. The Morgan fingerprint density at radius 3 is 2.68 bits per heavy atom. The Bertz CT molecular complexity index is 494. The molecular formula is C14H18N2O3. The summed E-state index contributed by atoms with van der Waals surface area (Å²) < 4.78 is 16.4. The fourth-order valence-corrected chi connectivity index (χ4v) is 1.94. The van der Waals surface area contributed by atoms with Gasteiger partial charge in [-0.2, -0.15) is 5.26 Å². The van der Waals surface area contributed by atoms with Gasteiger partial charge in [-0.3, -0.25) is 0 Å². The van der Waals surface area contributed by atoms with E-state index in [1.54, 1.807) is 6.07 Å². The molecule has 0 saturated heterocycles. The number of benzene rings is 1. The highest BCUT2D eigenvalue weighted by Crippen LogP contribution is 2.39. The van der Waals surface area contributed by atoms with E-state index in [9.17, 15) is 0 Å². The van der Waals surface area contributed by atoms with Gasteiger partial charge in [-0.05, 0) is 31.4 Å². The minimum atomic E-state index is -0.466. The molecule has 102 valence electrons. The Kier molecular flexibility index (Phi) is 4.13. The fourth-order valence-electron chi connectivity index (χ4n) is 1.94. The molecule has 1 aromatic carbocycles. The van der Waals surface area contributed by atoms with Gasteiger partial charge < -0.3 is 19.9 Å². The molecular weight excluding hydrogens is 244 g/mol. The lowest BCUT2D eigenvalue weighted by molar-refractivity contribution is 0.173. The highest BCUT2D eigenvalue weighted by Gasteiger charge is 2.20.